The molecule has 2 aliphatic carbocycles. The van der Waals surface area contributed by atoms with E-state index >= 15 is 0 Å². The lowest BCUT2D eigenvalue weighted by Crippen LogP contribution is -2.58. The summed E-state index contributed by atoms with van der Waals surface area (Å²) in [6.45, 7) is 0. The number of nitrogens with zero attached hydrogens (tertiary/aromatic N) is 2. The van der Waals surface area contributed by atoms with Crippen molar-refractivity contribution in [3.8, 4) is 0 Å². The number of anilines is 1. The number of carbonyl (C=O) groups excluding carboxylic acids is 4. The molecule has 5 rings (SSSR count). The number of hydrogen-bond donors (Lipinski definition) is 1. The number of aliphatic imine (C=N–C) groups is 1. The van der Waals surface area contributed by atoms with E-state index in [1.54, 1.807) is 66.8 Å². The van der Waals surface area contributed by atoms with Gasteiger partial charge in [-0.05, 0) is 48.6 Å². The molecule has 2 aromatic carbocycles. The molecule has 1 aliphatic heterocycles. The van der Waals surface area contributed by atoms with E-state index in [-0.39, 0.29) is 16.7 Å². The van der Waals surface area contributed by atoms with Crippen molar-refractivity contribution in [2.75, 3.05) is 4.90 Å². The molecule has 0 aromatic heterocycles. The zero-order valence-corrected chi connectivity index (χ0v) is 19.9. The Bertz CT molecular complexity index is 1360. The van der Waals surface area contributed by atoms with Crippen LogP contribution in [0.25, 0.3) is 0 Å². The van der Waals surface area contributed by atoms with Gasteiger partial charge in [0.1, 0.15) is 0 Å². The fraction of sp³-hybridized carbons (Fsp3) is 0.120. The minimum Gasteiger partial charge on any atom is -0.301 e. The summed E-state index contributed by atoms with van der Waals surface area (Å²) in [6.07, 6.45) is 6.13. The molecule has 1 fully saturated rings. The van der Waals surface area contributed by atoms with Crippen LogP contribution in [0.5, 0.6) is 0 Å². The predicted molar refractivity (Wildman–Crippen MR) is 134 cm³/mol. The quantitative estimate of drug-likeness (QED) is 0.369. The monoisotopic (exact) mass is 533 g/mol. The molecule has 34 heavy (non-hydrogen) atoms. The largest absolute Gasteiger partial charge is 0.301 e. The molecule has 0 bridgehead atoms. The van der Waals surface area contributed by atoms with Gasteiger partial charge in [-0.1, -0.05) is 46.3 Å². The normalized spacial score (nSPS) is 24.1. The standard InChI is InChI=1S/C25H16BrN3O4S/c26-13-5-8-15(9-6-13)29-24(33)20(23(32)28-25(29)34)12-27-14-7-10-18-19(11-14)22(31)17-4-2-1-3-16(17)21(18)30/h1-12,18-20H,(H,28,32,34)/t18-,19-,20+/m0/s1. The Balaban J connectivity index is 1.41. The summed E-state index contributed by atoms with van der Waals surface area (Å²) in [5.74, 6) is -3.86. The van der Waals surface area contributed by atoms with E-state index in [1.165, 1.54) is 11.1 Å². The minimum absolute atomic E-state index is 0.00780. The molecule has 1 saturated heterocycles. The second kappa shape index (κ2) is 8.66. The third-order valence-electron chi connectivity index (χ3n) is 5.93. The first-order chi connectivity index (χ1) is 16.3. The zero-order valence-electron chi connectivity index (χ0n) is 17.5. The lowest BCUT2D eigenvalue weighted by Gasteiger charge is -2.31. The van der Waals surface area contributed by atoms with Crippen LogP contribution in [0.2, 0.25) is 0 Å². The van der Waals surface area contributed by atoms with Gasteiger partial charge < -0.3 is 5.32 Å². The minimum atomic E-state index is -1.20. The molecule has 0 saturated carbocycles. The van der Waals surface area contributed by atoms with E-state index in [0.717, 1.165) is 4.47 Å². The number of rotatable bonds is 3. The van der Waals surface area contributed by atoms with Crippen LogP contribution < -0.4 is 10.2 Å². The van der Waals surface area contributed by atoms with E-state index in [4.69, 9.17) is 12.2 Å². The van der Waals surface area contributed by atoms with Crippen molar-refractivity contribution in [3.05, 3.63) is 88.1 Å². The number of halogens is 1. The number of nitrogens with one attached hydrogen (secondary N) is 1. The first-order valence-electron chi connectivity index (χ1n) is 10.4. The highest BCUT2D eigenvalue weighted by Crippen LogP contribution is 2.35. The van der Waals surface area contributed by atoms with Crippen LogP contribution in [0.1, 0.15) is 20.7 Å². The Labute approximate surface area is 208 Å². The van der Waals surface area contributed by atoms with Crippen molar-refractivity contribution in [1.29, 1.82) is 0 Å². The van der Waals surface area contributed by atoms with Crippen LogP contribution in [-0.4, -0.2) is 34.7 Å². The van der Waals surface area contributed by atoms with Crippen LogP contribution in [0, 0.1) is 17.8 Å². The third-order valence-corrected chi connectivity index (χ3v) is 6.75. The van der Waals surface area contributed by atoms with E-state index < -0.39 is 29.6 Å². The van der Waals surface area contributed by atoms with Gasteiger partial charge in [-0.25, -0.2) is 0 Å². The molecule has 1 N–H and O–H groups in total. The molecule has 3 atom stereocenters. The van der Waals surface area contributed by atoms with Gasteiger partial charge in [0.2, 0.25) is 5.91 Å². The average molecular weight is 534 g/mol. The second-order valence-corrected chi connectivity index (χ2v) is 9.28. The van der Waals surface area contributed by atoms with Crippen LogP contribution in [0.15, 0.2) is 81.9 Å². The number of fused-ring (bicyclic) bond motifs is 2. The predicted octanol–water partition coefficient (Wildman–Crippen LogP) is 3.65. The molecular formula is C25H16BrN3O4S. The van der Waals surface area contributed by atoms with Gasteiger partial charge in [-0.2, -0.15) is 0 Å². The van der Waals surface area contributed by atoms with Crippen molar-refractivity contribution < 1.29 is 19.2 Å². The number of hydrogen-bond acceptors (Lipinski definition) is 6. The number of carbonyl (C=O) groups is 4. The zero-order chi connectivity index (χ0) is 24.0. The SMILES string of the molecule is O=C1NC(=S)N(c2ccc(Br)cc2)C(=O)[C@@H]1C=NC1=C[C@@H]2C(=O)c3ccccc3C(=O)[C@H]2C=C1. The van der Waals surface area contributed by atoms with E-state index in [1.807, 2.05) is 0 Å². The Hall–Kier alpha value is -3.56. The number of amides is 2. The smallest absolute Gasteiger partial charge is 0.251 e. The van der Waals surface area contributed by atoms with Crippen molar-refractivity contribution in [3.63, 3.8) is 0 Å². The molecule has 2 amide bonds. The van der Waals surface area contributed by atoms with Crippen molar-refractivity contribution in [1.82, 2.24) is 5.32 Å². The van der Waals surface area contributed by atoms with E-state index in [0.29, 0.717) is 22.5 Å². The summed E-state index contributed by atoms with van der Waals surface area (Å²) < 4.78 is 0.835. The number of Topliss-reactive ketones (excluding diaryl/α,β-unsaturated/α-hetero) is 2. The van der Waals surface area contributed by atoms with Crippen molar-refractivity contribution >= 4 is 68.5 Å². The second-order valence-electron chi connectivity index (χ2n) is 7.98. The Morgan fingerprint density at radius 1 is 0.941 bits per heavy atom. The number of allylic oxidation sites excluding steroid dienone is 3. The fourth-order valence-corrected chi connectivity index (χ4v) is 4.79. The Morgan fingerprint density at radius 2 is 1.59 bits per heavy atom. The summed E-state index contributed by atoms with van der Waals surface area (Å²) in [7, 11) is 0. The molecule has 9 heteroatoms. The molecule has 7 nitrogen and oxygen atoms in total. The summed E-state index contributed by atoms with van der Waals surface area (Å²) in [5.41, 5.74) is 1.73. The van der Waals surface area contributed by atoms with Gasteiger partial charge in [0.25, 0.3) is 5.91 Å². The molecule has 168 valence electrons. The average Bonchev–Trinajstić information content (AvgIpc) is 2.83. The summed E-state index contributed by atoms with van der Waals surface area (Å²) in [4.78, 5) is 57.0. The lowest BCUT2D eigenvalue weighted by atomic mass is 9.72. The molecule has 0 unspecified atom stereocenters. The Morgan fingerprint density at radius 3 is 2.26 bits per heavy atom. The molecular weight excluding hydrogens is 518 g/mol. The van der Waals surface area contributed by atoms with Gasteiger partial charge in [0, 0.05) is 21.8 Å². The number of thiocarbonyl (C=S) groups is 1. The fourth-order valence-electron chi connectivity index (χ4n) is 4.23. The van der Waals surface area contributed by atoms with Gasteiger partial charge in [0.05, 0.1) is 23.2 Å². The van der Waals surface area contributed by atoms with Gasteiger partial charge in [-0.15, -0.1) is 0 Å². The van der Waals surface area contributed by atoms with Gasteiger partial charge in [-0.3, -0.25) is 29.1 Å². The van der Waals surface area contributed by atoms with E-state index in [2.05, 4.69) is 26.2 Å². The molecule has 3 aliphatic rings. The highest BCUT2D eigenvalue weighted by molar-refractivity contribution is 9.10. The van der Waals surface area contributed by atoms with Crippen LogP contribution >= 0.6 is 28.1 Å². The van der Waals surface area contributed by atoms with Crippen LogP contribution in [0.3, 0.4) is 0 Å². The lowest BCUT2D eigenvalue weighted by molar-refractivity contribution is -0.130. The molecule has 2 aromatic rings. The molecule has 0 spiro atoms. The molecule has 1 heterocycles. The van der Waals surface area contributed by atoms with Crippen LogP contribution in [-0.2, 0) is 9.59 Å². The molecule has 0 radical (unpaired) electrons. The maximum absolute atomic E-state index is 13.1. The summed E-state index contributed by atoms with van der Waals surface area (Å²) >= 11 is 8.55. The maximum Gasteiger partial charge on any atom is 0.251 e. The Kier molecular flexibility index (Phi) is 5.66. The third kappa shape index (κ3) is 3.76. The van der Waals surface area contributed by atoms with Crippen molar-refractivity contribution in [2.45, 2.75) is 0 Å². The van der Waals surface area contributed by atoms with Crippen LogP contribution in [0.4, 0.5) is 5.69 Å². The van der Waals surface area contributed by atoms with Gasteiger partial charge >= 0.3 is 0 Å². The van der Waals surface area contributed by atoms with Gasteiger partial charge in [0.15, 0.2) is 22.6 Å². The van der Waals surface area contributed by atoms with Crippen molar-refractivity contribution in [2.24, 2.45) is 22.7 Å². The highest BCUT2D eigenvalue weighted by Gasteiger charge is 2.41. The first kappa shape index (κ1) is 22.2. The summed E-state index contributed by atoms with van der Waals surface area (Å²) in [6, 6.07) is 13.7. The maximum atomic E-state index is 13.1. The first-order valence-corrected chi connectivity index (χ1v) is 11.6. The number of ketones is 2. The summed E-state index contributed by atoms with van der Waals surface area (Å²) in [5, 5.41) is 2.53. The van der Waals surface area contributed by atoms with E-state index in [9.17, 15) is 19.2 Å². The topological polar surface area (TPSA) is 95.9 Å². The number of benzene rings is 2. The highest BCUT2D eigenvalue weighted by atomic mass is 79.9.